The molecule has 0 saturated carbocycles. The van der Waals surface area contributed by atoms with Crippen LogP contribution in [0.4, 0.5) is 0 Å². The number of halogens is 1. The molecular weight excluding hydrogens is 510 g/mol. The summed E-state index contributed by atoms with van der Waals surface area (Å²) in [6.07, 6.45) is 5.52. The number of pyridine rings is 1. The van der Waals surface area contributed by atoms with Crippen LogP contribution in [-0.4, -0.2) is 41.9 Å². The van der Waals surface area contributed by atoms with E-state index in [1.807, 2.05) is 37.4 Å². The number of unbranched alkanes of at least 4 members (excludes halogenated alkanes) is 1. The van der Waals surface area contributed by atoms with Crippen molar-refractivity contribution in [3.05, 3.63) is 70.4 Å². The van der Waals surface area contributed by atoms with E-state index in [1.54, 1.807) is 12.3 Å². The van der Waals surface area contributed by atoms with E-state index in [2.05, 4.69) is 55.7 Å². The summed E-state index contributed by atoms with van der Waals surface area (Å²) < 4.78 is 6.88. The molecule has 0 aliphatic heterocycles. The molecule has 35 heavy (non-hydrogen) atoms. The highest BCUT2D eigenvalue weighted by atomic mass is 79.9. The van der Waals surface area contributed by atoms with Gasteiger partial charge in [0.15, 0.2) is 11.5 Å². The highest BCUT2D eigenvalue weighted by Crippen LogP contribution is 2.30. The molecule has 2 aromatic heterocycles. The molecule has 0 bridgehead atoms. The van der Waals surface area contributed by atoms with Crippen molar-refractivity contribution in [1.82, 2.24) is 25.9 Å². The van der Waals surface area contributed by atoms with Crippen LogP contribution in [0.15, 0.2) is 57.7 Å². The Morgan fingerprint density at radius 3 is 2.49 bits per heavy atom. The fourth-order valence-corrected chi connectivity index (χ4v) is 3.97. The summed E-state index contributed by atoms with van der Waals surface area (Å²) in [6.45, 7) is 5.54. The number of hydrogen-bond acceptors (Lipinski definition) is 6. The molecule has 0 aliphatic rings. The van der Waals surface area contributed by atoms with Crippen LogP contribution in [0, 0.1) is 5.92 Å². The molecule has 2 amide bonds. The SMILES string of the molecule is CNCCCCNC(=O)c1nc([C@H](CC(C)C)NC(=O)c2cncc(Br)c2)oc1-c1ccccc1. The van der Waals surface area contributed by atoms with Crippen LogP contribution < -0.4 is 16.0 Å². The van der Waals surface area contributed by atoms with Crippen LogP contribution in [0.1, 0.15) is 65.9 Å². The zero-order valence-corrected chi connectivity index (χ0v) is 21.9. The maximum atomic E-state index is 13.1. The standard InChI is InChI=1S/C26H32BrN5O3/c1-17(2)13-21(31-24(33)19-14-20(27)16-29-15-19)26-32-22(25(34)30-12-8-7-11-28-3)23(35-26)18-9-5-4-6-10-18/h4-6,9-10,14-17,21,28H,7-8,11-13H2,1-3H3,(H,30,34)(H,31,33)/t21-/m0/s1. The van der Waals surface area contributed by atoms with E-state index >= 15 is 0 Å². The van der Waals surface area contributed by atoms with Crippen molar-refractivity contribution < 1.29 is 14.0 Å². The highest BCUT2D eigenvalue weighted by Gasteiger charge is 2.27. The van der Waals surface area contributed by atoms with Crippen molar-refractivity contribution >= 4 is 27.7 Å². The average Bonchev–Trinajstić information content (AvgIpc) is 3.29. The molecule has 1 atom stereocenters. The predicted molar refractivity (Wildman–Crippen MR) is 139 cm³/mol. The largest absolute Gasteiger partial charge is 0.438 e. The third-order valence-corrected chi connectivity index (χ3v) is 5.75. The van der Waals surface area contributed by atoms with Crippen molar-refractivity contribution in [3.63, 3.8) is 0 Å². The van der Waals surface area contributed by atoms with Gasteiger partial charge in [0.25, 0.3) is 11.8 Å². The predicted octanol–water partition coefficient (Wildman–Crippen LogP) is 4.75. The second-order valence-electron chi connectivity index (χ2n) is 8.71. The summed E-state index contributed by atoms with van der Waals surface area (Å²) in [6, 6.07) is 10.6. The lowest BCUT2D eigenvalue weighted by Gasteiger charge is -2.17. The van der Waals surface area contributed by atoms with Gasteiger partial charge in [0.1, 0.15) is 6.04 Å². The summed E-state index contributed by atoms with van der Waals surface area (Å²) in [4.78, 5) is 34.7. The molecule has 1 aromatic carbocycles. The van der Waals surface area contributed by atoms with E-state index in [4.69, 9.17) is 4.42 Å². The summed E-state index contributed by atoms with van der Waals surface area (Å²) in [5.74, 6) is 0.348. The summed E-state index contributed by atoms with van der Waals surface area (Å²) >= 11 is 3.35. The van der Waals surface area contributed by atoms with Gasteiger partial charge in [-0.1, -0.05) is 44.2 Å². The Kier molecular flexibility index (Phi) is 9.98. The van der Waals surface area contributed by atoms with Crippen molar-refractivity contribution in [2.24, 2.45) is 5.92 Å². The second kappa shape index (κ2) is 13.2. The summed E-state index contributed by atoms with van der Waals surface area (Å²) in [7, 11) is 1.90. The molecule has 9 heteroatoms. The molecule has 0 radical (unpaired) electrons. The first-order valence-corrected chi connectivity index (χ1v) is 12.6. The van der Waals surface area contributed by atoms with Crippen LogP contribution in [0.3, 0.4) is 0 Å². The van der Waals surface area contributed by atoms with Crippen molar-refractivity contribution in [2.75, 3.05) is 20.1 Å². The smallest absolute Gasteiger partial charge is 0.273 e. The number of benzene rings is 1. The van der Waals surface area contributed by atoms with E-state index < -0.39 is 6.04 Å². The Labute approximate surface area is 214 Å². The topological polar surface area (TPSA) is 109 Å². The van der Waals surface area contributed by atoms with Gasteiger partial charge < -0.3 is 20.4 Å². The molecule has 0 unspecified atom stereocenters. The molecular formula is C26H32BrN5O3. The normalized spacial score (nSPS) is 11.9. The Morgan fingerprint density at radius 2 is 1.80 bits per heavy atom. The van der Waals surface area contributed by atoms with Gasteiger partial charge >= 0.3 is 0 Å². The van der Waals surface area contributed by atoms with E-state index in [0.717, 1.165) is 24.9 Å². The first kappa shape index (κ1) is 26.6. The lowest BCUT2D eigenvalue weighted by molar-refractivity contribution is 0.0923. The molecule has 2 heterocycles. The molecule has 3 rings (SSSR count). The molecule has 0 aliphatic carbocycles. The number of carbonyl (C=O) groups excluding carboxylic acids is 2. The average molecular weight is 542 g/mol. The van der Waals surface area contributed by atoms with Gasteiger partial charge in [-0.2, -0.15) is 0 Å². The van der Waals surface area contributed by atoms with Gasteiger partial charge in [-0.3, -0.25) is 14.6 Å². The third kappa shape index (κ3) is 7.73. The molecule has 8 nitrogen and oxygen atoms in total. The molecule has 0 fully saturated rings. The number of hydrogen-bond donors (Lipinski definition) is 3. The van der Waals surface area contributed by atoms with Crippen LogP contribution in [0.2, 0.25) is 0 Å². The molecule has 0 spiro atoms. The number of nitrogens with one attached hydrogen (secondary N) is 3. The maximum Gasteiger partial charge on any atom is 0.273 e. The lowest BCUT2D eigenvalue weighted by atomic mass is 10.0. The van der Waals surface area contributed by atoms with Crippen LogP contribution in [-0.2, 0) is 0 Å². The Morgan fingerprint density at radius 1 is 1.06 bits per heavy atom. The fraction of sp³-hybridized carbons (Fsp3) is 0.385. The monoisotopic (exact) mass is 541 g/mol. The Balaban J connectivity index is 1.89. The first-order valence-electron chi connectivity index (χ1n) is 11.8. The number of nitrogens with zero attached hydrogens (tertiary/aromatic N) is 2. The zero-order valence-electron chi connectivity index (χ0n) is 20.3. The maximum absolute atomic E-state index is 13.1. The lowest BCUT2D eigenvalue weighted by Crippen LogP contribution is -2.30. The number of oxazole rings is 1. The van der Waals surface area contributed by atoms with Crippen LogP contribution in [0.25, 0.3) is 11.3 Å². The minimum Gasteiger partial charge on any atom is -0.438 e. The van der Waals surface area contributed by atoms with Crippen molar-refractivity contribution in [3.8, 4) is 11.3 Å². The quantitative estimate of drug-likeness (QED) is 0.285. The third-order valence-electron chi connectivity index (χ3n) is 5.31. The summed E-state index contributed by atoms with van der Waals surface area (Å²) in [5, 5.41) is 9.05. The number of amides is 2. The van der Waals surface area contributed by atoms with Crippen LogP contribution >= 0.6 is 15.9 Å². The van der Waals surface area contributed by atoms with E-state index in [1.165, 1.54) is 6.20 Å². The highest BCUT2D eigenvalue weighted by molar-refractivity contribution is 9.10. The number of carbonyl (C=O) groups is 2. The van der Waals surface area contributed by atoms with Gasteiger partial charge in [0.2, 0.25) is 5.89 Å². The van der Waals surface area contributed by atoms with E-state index in [9.17, 15) is 9.59 Å². The van der Waals surface area contributed by atoms with Gasteiger partial charge in [0, 0.05) is 29.0 Å². The van der Waals surface area contributed by atoms with E-state index in [0.29, 0.717) is 34.7 Å². The Hall–Kier alpha value is -3.04. The van der Waals surface area contributed by atoms with Crippen molar-refractivity contribution in [1.29, 1.82) is 0 Å². The van der Waals surface area contributed by atoms with Crippen LogP contribution in [0.5, 0.6) is 0 Å². The second-order valence-corrected chi connectivity index (χ2v) is 9.63. The fourth-order valence-electron chi connectivity index (χ4n) is 3.61. The van der Waals surface area contributed by atoms with Gasteiger partial charge in [0.05, 0.1) is 5.56 Å². The molecule has 0 saturated heterocycles. The Bertz CT molecular complexity index is 1120. The molecule has 186 valence electrons. The number of rotatable bonds is 12. The number of aromatic nitrogens is 2. The van der Waals surface area contributed by atoms with Crippen molar-refractivity contribution in [2.45, 2.75) is 39.2 Å². The summed E-state index contributed by atoms with van der Waals surface area (Å²) in [5.41, 5.74) is 1.38. The van der Waals surface area contributed by atoms with Gasteiger partial charge in [-0.05, 0) is 60.8 Å². The minimum atomic E-state index is -0.513. The minimum absolute atomic E-state index is 0.215. The van der Waals surface area contributed by atoms with Gasteiger partial charge in [-0.15, -0.1) is 0 Å². The zero-order chi connectivity index (χ0) is 25.2. The first-order chi connectivity index (χ1) is 16.9. The molecule has 3 aromatic rings. The molecule has 3 N–H and O–H groups in total. The van der Waals surface area contributed by atoms with Gasteiger partial charge in [-0.25, -0.2) is 4.98 Å². The van der Waals surface area contributed by atoms with E-state index in [-0.39, 0.29) is 23.4 Å².